The van der Waals surface area contributed by atoms with Gasteiger partial charge in [-0.1, -0.05) is 0 Å². The lowest BCUT2D eigenvalue weighted by Crippen LogP contribution is -2.44. The highest BCUT2D eigenvalue weighted by atomic mass is 32.2. The Morgan fingerprint density at radius 3 is 2.94 bits per heavy atom. The van der Waals surface area contributed by atoms with Crippen LogP contribution in [-0.4, -0.2) is 48.0 Å². The molecular weight excluding hydrogens is 222 g/mol. The molecule has 16 heavy (non-hydrogen) atoms. The number of hydrogen-bond acceptors (Lipinski definition) is 4. The molecule has 1 heterocycles. The van der Waals surface area contributed by atoms with Gasteiger partial charge in [-0.05, 0) is 38.9 Å². The third-order valence-corrected chi connectivity index (χ3v) is 3.89. The number of nitrogens with one attached hydrogen (secondary N) is 1. The second-order valence-corrected chi connectivity index (χ2v) is 6.17. The number of aliphatic hydroxyl groups is 1. The summed E-state index contributed by atoms with van der Waals surface area (Å²) < 4.78 is 5.68. The monoisotopic (exact) mass is 247 g/mol. The van der Waals surface area contributed by atoms with E-state index in [4.69, 9.17) is 9.84 Å². The van der Waals surface area contributed by atoms with E-state index in [9.17, 15) is 0 Å². The van der Waals surface area contributed by atoms with E-state index in [1.54, 1.807) is 0 Å². The Bertz CT molecular complexity index is 188. The highest BCUT2D eigenvalue weighted by Gasteiger charge is 2.28. The number of aliphatic hydroxyl groups excluding tert-OH is 1. The molecule has 3 nitrogen and oxygen atoms in total. The van der Waals surface area contributed by atoms with Crippen molar-refractivity contribution in [1.82, 2.24) is 5.32 Å². The lowest BCUT2D eigenvalue weighted by Gasteiger charge is -2.36. The summed E-state index contributed by atoms with van der Waals surface area (Å²) in [4.78, 5) is 0. The molecule has 1 rings (SSSR count). The summed E-state index contributed by atoms with van der Waals surface area (Å²) in [6.07, 6.45) is 3.15. The van der Waals surface area contributed by atoms with Crippen molar-refractivity contribution in [1.29, 1.82) is 0 Å². The maximum absolute atomic E-state index is 8.64. The average Bonchev–Trinajstić information content (AvgIpc) is 2.22. The van der Waals surface area contributed by atoms with Gasteiger partial charge >= 0.3 is 0 Å². The van der Waals surface area contributed by atoms with E-state index in [1.807, 2.05) is 11.8 Å². The highest BCUT2D eigenvalue weighted by molar-refractivity contribution is 7.99. The van der Waals surface area contributed by atoms with E-state index in [0.29, 0.717) is 12.6 Å². The van der Waals surface area contributed by atoms with Gasteiger partial charge in [0.15, 0.2) is 0 Å². The first-order chi connectivity index (χ1) is 7.64. The first-order valence-electron chi connectivity index (χ1n) is 6.20. The topological polar surface area (TPSA) is 41.5 Å². The highest BCUT2D eigenvalue weighted by Crippen LogP contribution is 2.23. The minimum atomic E-state index is 0.0416. The predicted molar refractivity (Wildman–Crippen MR) is 70.1 cm³/mol. The van der Waals surface area contributed by atoms with E-state index >= 15 is 0 Å². The van der Waals surface area contributed by atoms with Crippen LogP contribution in [0.4, 0.5) is 0 Å². The van der Waals surface area contributed by atoms with Gasteiger partial charge in [-0.2, -0.15) is 11.8 Å². The van der Waals surface area contributed by atoms with Crippen LogP contribution < -0.4 is 5.32 Å². The molecule has 1 aliphatic rings. The summed E-state index contributed by atoms with van der Waals surface area (Å²) in [5, 5.41) is 12.2. The van der Waals surface area contributed by atoms with Crippen LogP contribution in [0.15, 0.2) is 0 Å². The zero-order chi connectivity index (χ0) is 11.9. The third-order valence-electron chi connectivity index (χ3n) is 2.82. The first-order valence-corrected chi connectivity index (χ1v) is 7.35. The number of hydrogen-bond donors (Lipinski definition) is 2. The van der Waals surface area contributed by atoms with Crippen molar-refractivity contribution in [3.63, 3.8) is 0 Å². The van der Waals surface area contributed by atoms with E-state index < -0.39 is 0 Å². The van der Waals surface area contributed by atoms with Gasteiger partial charge in [-0.3, -0.25) is 0 Å². The second-order valence-electron chi connectivity index (χ2n) is 4.94. The molecule has 0 spiro atoms. The Labute approximate surface area is 103 Å². The fraction of sp³-hybridized carbons (Fsp3) is 1.00. The Hall–Kier alpha value is 0.230. The van der Waals surface area contributed by atoms with E-state index in [1.165, 1.54) is 0 Å². The van der Waals surface area contributed by atoms with E-state index in [2.05, 4.69) is 19.2 Å². The van der Waals surface area contributed by atoms with Gasteiger partial charge in [-0.25, -0.2) is 0 Å². The van der Waals surface area contributed by atoms with Crippen molar-refractivity contribution in [2.45, 2.75) is 44.8 Å². The number of rotatable bonds is 7. The normalized spacial score (nSPS) is 24.6. The average molecular weight is 247 g/mol. The number of ether oxygens (including phenoxy) is 1. The van der Waals surface area contributed by atoms with Crippen molar-refractivity contribution in [3.8, 4) is 0 Å². The molecule has 1 aliphatic heterocycles. The molecule has 0 aromatic rings. The Kier molecular flexibility index (Phi) is 6.73. The molecule has 0 aliphatic carbocycles. The fourth-order valence-electron chi connectivity index (χ4n) is 2.01. The molecule has 2 N–H and O–H groups in total. The van der Waals surface area contributed by atoms with Crippen LogP contribution >= 0.6 is 11.8 Å². The van der Waals surface area contributed by atoms with Crippen LogP contribution in [0.25, 0.3) is 0 Å². The summed E-state index contributed by atoms with van der Waals surface area (Å²) in [6.45, 7) is 6.58. The first kappa shape index (κ1) is 14.3. The smallest absolute Gasteiger partial charge is 0.0641 e. The lowest BCUT2D eigenvalue weighted by molar-refractivity contribution is -0.0625. The minimum absolute atomic E-state index is 0.0416. The predicted octanol–water partition coefficient (Wildman–Crippen LogP) is 1.65. The summed E-state index contributed by atoms with van der Waals surface area (Å²) in [6, 6.07) is 0.613. The second kappa shape index (κ2) is 7.54. The zero-order valence-electron chi connectivity index (χ0n) is 10.5. The number of thioether (sulfide) groups is 1. The van der Waals surface area contributed by atoms with E-state index in [0.717, 1.165) is 43.9 Å². The molecule has 0 bridgehead atoms. The standard InChI is InChI=1S/C12H25NO2S/c1-12(2)10-11(4-7-15-12)13-5-9-16-8-3-6-14/h11,13-14H,3-10H2,1-2H3. The third kappa shape index (κ3) is 6.09. The molecule has 0 amide bonds. The van der Waals surface area contributed by atoms with Crippen molar-refractivity contribution in [3.05, 3.63) is 0 Å². The molecule has 0 aromatic heterocycles. The summed E-state index contributed by atoms with van der Waals surface area (Å²) in [5.41, 5.74) is 0.0416. The molecule has 1 saturated heterocycles. The van der Waals surface area contributed by atoms with Crippen molar-refractivity contribution in [2.75, 3.05) is 31.3 Å². The molecule has 0 aromatic carbocycles. The van der Waals surface area contributed by atoms with Crippen LogP contribution in [-0.2, 0) is 4.74 Å². The van der Waals surface area contributed by atoms with Gasteiger partial charge in [0, 0.05) is 31.6 Å². The summed E-state index contributed by atoms with van der Waals surface area (Å²) in [7, 11) is 0. The van der Waals surface area contributed by atoms with Gasteiger partial charge in [0.1, 0.15) is 0 Å². The summed E-state index contributed by atoms with van der Waals surface area (Å²) in [5.74, 6) is 2.20. The maximum atomic E-state index is 8.64. The maximum Gasteiger partial charge on any atom is 0.0641 e. The van der Waals surface area contributed by atoms with Crippen LogP contribution in [0.2, 0.25) is 0 Å². The van der Waals surface area contributed by atoms with Crippen LogP contribution in [0, 0.1) is 0 Å². The Balaban J connectivity index is 2.00. The van der Waals surface area contributed by atoms with Crippen molar-refractivity contribution in [2.24, 2.45) is 0 Å². The fourth-order valence-corrected chi connectivity index (χ4v) is 2.81. The molecule has 1 fully saturated rings. The van der Waals surface area contributed by atoms with Gasteiger partial charge in [-0.15, -0.1) is 0 Å². The molecule has 1 unspecified atom stereocenters. The van der Waals surface area contributed by atoms with Crippen LogP contribution in [0.1, 0.15) is 33.1 Å². The molecular formula is C12H25NO2S. The van der Waals surface area contributed by atoms with Gasteiger partial charge in [0.05, 0.1) is 5.60 Å². The quantitative estimate of drug-likeness (QED) is 0.671. The molecule has 0 saturated carbocycles. The minimum Gasteiger partial charge on any atom is -0.396 e. The van der Waals surface area contributed by atoms with Gasteiger partial charge in [0.2, 0.25) is 0 Å². The van der Waals surface area contributed by atoms with Gasteiger partial charge < -0.3 is 15.2 Å². The van der Waals surface area contributed by atoms with E-state index in [-0.39, 0.29) is 5.60 Å². The molecule has 1 atom stereocenters. The van der Waals surface area contributed by atoms with Gasteiger partial charge in [0.25, 0.3) is 0 Å². The summed E-state index contributed by atoms with van der Waals surface area (Å²) >= 11 is 1.91. The largest absolute Gasteiger partial charge is 0.396 e. The van der Waals surface area contributed by atoms with Crippen molar-refractivity contribution >= 4 is 11.8 Å². The Morgan fingerprint density at radius 1 is 1.44 bits per heavy atom. The molecule has 0 radical (unpaired) electrons. The molecule has 4 heteroatoms. The van der Waals surface area contributed by atoms with Crippen molar-refractivity contribution < 1.29 is 9.84 Å². The lowest BCUT2D eigenvalue weighted by atomic mass is 9.94. The zero-order valence-corrected chi connectivity index (χ0v) is 11.3. The SMILES string of the molecule is CC1(C)CC(NCCSCCCO)CCO1. The van der Waals surface area contributed by atoms with Crippen LogP contribution in [0.3, 0.4) is 0 Å². The Morgan fingerprint density at radius 2 is 2.25 bits per heavy atom. The van der Waals surface area contributed by atoms with Crippen LogP contribution in [0.5, 0.6) is 0 Å². The molecule has 96 valence electrons.